The van der Waals surface area contributed by atoms with Gasteiger partial charge in [0, 0.05) is 18.9 Å². The molecule has 0 spiro atoms. The van der Waals surface area contributed by atoms with Crippen molar-refractivity contribution in [2.45, 2.75) is 51.7 Å². The first-order chi connectivity index (χ1) is 7.98. The Morgan fingerprint density at radius 3 is 2.33 bits per heavy atom. The van der Waals surface area contributed by atoms with Gasteiger partial charge in [0.15, 0.2) is 0 Å². The monoisotopic (exact) mass is 265 g/mol. The lowest BCUT2D eigenvalue weighted by atomic mass is 9.99. The van der Waals surface area contributed by atoms with E-state index in [2.05, 4.69) is 0 Å². The fraction of sp³-hybridized carbons (Fsp3) is 0.917. The highest BCUT2D eigenvalue weighted by molar-refractivity contribution is 5.68. The van der Waals surface area contributed by atoms with Gasteiger partial charge in [-0.2, -0.15) is 0 Å². The van der Waals surface area contributed by atoms with Gasteiger partial charge < -0.3 is 14.7 Å². The summed E-state index contributed by atoms with van der Waals surface area (Å²) in [6.07, 6.45) is -1.90. The minimum absolute atomic E-state index is 0.0513. The summed E-state index contributed by atoms with van der Waals surface area (Å²) in [4.78, 5) is 13.0. The minimum atomic E-state index is -2.84. The second kappa shape index (κ2) is 4.99. The Morgan fingerprint density at radius 2 is 1.89 bits per heavy atom. The third-order valence-corrected chi connectivity index (χ3v) is 2.68. The van der Waals surface area contributed by atoms with Crippen molar-refractivity contribution in [2.24, 2.45) is 5.92 Å². The van der Waals surface area contributed by atoms with Gasteiger partial charge in [-0.05, 0) is 27.7 Å². The Morgan fingerprint density at radius 1 is 1.33 bits per heavy atom. The van der Waals surface area contributed by atoms with Gasteiger partial charge in [0.25, 0.3) is 0 Å². The molecule has 18 heavy (non-hydrogen) atoms. The number of aliphatic hydroxyl groups excluding tert-OH is 1. The van der Waals surface area contributed by atoms with Crippen molar-refractivity contribution in [3.63, 3.8) is 0 Å². The molecule has 0 aromatic heterocycles. The van der Waals surface area contributed by atoms with E-state index in [1.54, 1.807) is 20.8 Å². The number of halogens is 2. The fourth-order valence-electron chi connectivity index (χ4n) is 1.99. The van der Waals surface area contributed by atoms with Crippen LogP contribution in [-0.2, 0) is 4.74 Å². The Labute approximate surface area is 106 Å². The van der Waals surface area contributed by atoms with E-state index in [9.17, 15) is 18.7 Å². The number of amides is 1. The minimum Gasteiger partial charge on any atom is -0.444 e. The molecule has 1 rings (SSSR count). The van der Waals surface area contributed by atoms with E-state index in [0.29, 0.717) is 0 Å². The number of rotatable bonds is 2. The Hall–Kier alpha value is -0.910. The summed E-state index contributed by atoms with van der Waals surface area (Å²) >= 11 is 0. The molecule has 1 amide bonds. The van der Waals surface area contributed by atoms with Gasteiger partial charge >= 0.3 is 6.09 Å². The van der Waals surface area contributed by atoms with E-state index >= 15 is 0 Å². The molecular formula is C12H21F2NO3. The molecule has 2 unspecified atom stereocenters. The highest BCUT2D eigenvalue weighted by Crippen LogP contribution is 2.30. The Balaban J connectivity index is 2.56. The van der Waals surface area contributed by atoms with Crippen LogP contribution < -0.4 is 0 Å². The summed E-state index contributed by atoms with van der Waals surface area (Å²) in [5.74, 6) is -3.44. The molecule has 0 aromatic carbocycles. The number of nitrogens with zero attached hydrogens (tertiary/aromatic N) is 1. The van der Waals surface area contributed by atoms with Crippen LogP contribution in [0.25, 0.3) is 0 Å². The van der Waals surface area contributed by atoms with Crippen LogP contribution in [0.15, 0.2) is 0 Å². The highest BCUT2D eigenvalue weighted by Gasteiger charge is 2.40. The molecule has 4 nitrogen and oxygen atoms in total. The number of alkyl halides is 2. The Bertz CT molecular complexity index is 309. The normalized spacial score (nSPS) is 25.4. The van der Waals surface area contributed by atoms with E-state index < -0.39 is 36.1 Å². The zero-order chi connectivity index (χ0) is 14.1. The van der Waals surface area contributed by atoms with E-state index in [-0.39, 0.29) is 13.1 Å². The maximum atomic E-state index is 12.9. The van der Waals surface area contributed by atoms with Crippen LogP contribution in [0.2, 0.25) is 0 Å². The van der Waals surface area contributed by atoms with Crippen molar-refractivity contribution in [1.29, 1.82) is 0 Å². The van der Waals surface area contributed by atoms with E-state index in [0.717, 1.165) is 6.92 Å². The molecule has 0 aromatic rings. The van der Waals surface area contributed by atoms with Crippen LogP contribution in [-0.4, -0.2) is 46.8 Å². The highest BCUT2D eigenvalue weighted by atomic mass is 19.3. The average molecular weight is 265 g/mol. The average Bonchev–Trinajstić information content (AvgIpc) is 2.42. The van der Waals surface area contributed by atoms with Gasteiger partial charge in [-0.15, -0.1) is 0 Å². The molecule has 1 fully saturated rings. The first kappa shape index (κ1) is 15.1. The summed E-state index contributed by atoms with van der Waals surface area (Å²) in [5, 5.41) is 9.69. The number of hydrogen-bond acceptors (Lipinski definition) is 3. The predicted octanol–water partition coefficient (Wildman–Crippen LogP) is 2.26. The number of aliphatic hydroxyl groups is 1. The van der Waals surface area contributed by atoms with Crippen LogP contribution in [0.5, 0.6) is 0 Å². The van der Waals surface area contributed by atoms with Crippen LogP contribution >= 0.6 is 0 Å². The fourth-order valence-corrected chi connectivity index (χ4v) is 1.99. The summed E-state index contributed by atoms with van der Waals surface area (Å²) in [6, 6.07) is 0. The number of hydrogen-bond donors (Lipinski definition) is 1. The van der Waals surface area contributed by atoms with Gasteiger partial charge in [0.2, 0.25) is 5.92 Å². The molecular weight excluding hydrogens is 244 g/mol. The van der Waals surface area contributed by atoms with E-state index in [1.165, 1.54) is 4.90 Å². The number of likely N-dealkylation sites (tertiary alicyclic amines) is 1. The van der Waals surface area contributed by atoms with Gasteiger partial charge in [-0.25, -0.2) is 13.6 Å². The lowest BCUT2D eigenvalue weighted by Gasteiger charge is -2.24. The smallest absolute Gasteiger partial charge is 0.410 e. The van der Waals surface area contributed by atoms with Crippen LogP contribution in [0.4, 0.5) is 13.6 Å². The molecule has 1 aliphatic rings. The summed E-state index contributed by atoms with van der Waals surface area (Å²) in [6.45, 7) is 6.17. The number of ether oxygens (including phenoxy) is 1. The van der Waals surface area contributed by atoms with E-state index in [4.69, 9.17) is 4.74 Å². The number of carbonyl (C=O) groups excluding carboxylic acids is 1. The molecule has 106 valence electrons. The van der Waals surface area contributed by atoms with Gasteiger partial charge in [-0.3, -0.25) is 0 Å². The second-order valence-electron chi connectivity index (χ2n) is 5.99. The van der Waals surface area contributed by atoms with Crippen LogP contribution in [0.1, 0.15) is 34.1 Å². The zero-order valence-electron chi connectivity index (χ0n) is 11.2. The second-order valence-corrected chi connectivity index (χ2v) is 5.99. The van der Waals surface area contributed by atoms with Crippen LogP contribution in [0.3, 0.4) is 0 Å². The van der Waals surface area contributed by atoms with Crippen molar-refractivity contribution in [3.8, 4) is 0 Å². The summed E-state index contributed by atoms with van der Waals surface area (Å²) < 4.78 is 30.9. The number of carbonyl (C=O) groups is 1. The molecule has 1 heterocycles. The van der Waals surface area contributed by atoms with Crippen LogP contribution in [0, 0.1) is 5.92 Å². The van der Waals surface area contributed by atoms with Crippen molar-refractivity contribution in [1.82, 2.24) is 4.90 Å². The van der Waals surface area contributed by atoms with Gasteiger partial charge in [0.1, 0.15) is 5.60 Å². The maximum absolute atomic E-state index is 12.9. The third-order valence-electron chi connectivity index (χ3n) is 2.68. The van der Waals surface area contributed by atoms with Crippen molar-refractivity contribution < 1.29 is 23.4 Å². The molecule has 1 saturated heterocycles. The molecule has 0 aliphatic carbocycles. The summed E-state index contributed by atoms with van der Waals surface area (Å²) in [5.41, 5.74) is -0.630. The zero-order valence-corrected chi connectivity index (χ0v) is 11.2. The Kier molecular flexibility index (Phi) is 4.20. The SMILES string of the molecule is CC(F)(F)CC1CN(C(=O)OC(C)(C)C)CC1O. The van der Waals surface area contributed by atoms with Crippen molar-refractivity contribution >= 4 is 6.09 Å². The molecule has 0 radical (unpaired) electrons. The largest absolute Gasteiger partial charge is 0.444 e. The van der Waals surface area contributed by atoms with Crippen molar-refractivity contribution in [3.05, 3.63) is 0 Å². The molecule has 2 atom stereocenters. The topological polar surface area (TPSA) is 49.8 Å². The van der Waals surface area contributed by atoms with Gasteiger partial charge in [-0.1, -0.05) is 0 Å². The lowest BCUT2D eigenvalue weighted by Crippen LogP contribution is -2.36. The molecule has 0 bridgehead atoms. The van der Waals surface area contributed by atoms with Gasteiger partial charge in [0.05, 0.1) is 12.6 Å². The lowest BCUT2D eigenvalue weighted by molar-refractivity contribution is -0.0182. The third kappa shape index (κ3) is 4.76. The first-order valence-electron chi connectivity index (χ1n) is 6.02. The first-order valence-corrected chi connectivity index (χ1v) is 6.02. The van der Waals surface area contributed by atoms with E-state index in [1.807, 2.05) is 0 Å². The predicted molar refractivity (Wildman–Crippen MR) is 62.5 cm³/mol. The standard InChI is InChI=1S/C12H21F2NO3/c1-11(2,3)18-10(17)15-6-8(9(16)7-15)5-12(4,13)14/h8-9,16H,5-7H2,1-4H3. The quantitative estimate of drug-likeness (QED) is 0.833. The van der Waals surface area contributed by atoms with Crippen molar-refractivity contribution in [2.75, 3.05) is 13.1 Å². The molecule has 1 N–H and O–H groups in total. The number of β-amino-alcohol motifs (C(OH)–C–C–N with tert-alkyl or cyclic N) is 1. The molecule has 6 heteroatoms. The molecule has 0 saturated carbocycles. The maximum Gasteiger partial charge on any atom is 0.410 e. The molecule has 1 aliphatic heterocycles. The summed E-state index contributed by atoms with van der Waals surface area (Å²) in [7, 11) is 0.